The third kappa shape index (κ3) is 4.55. The summed E-state index contributed by atoms with van der Waals surface area (Å²) < 4.78 is 1.33. The highest BCUT2D eigenvalue weighted by atomic mass is 16.4. The Bertz CT molecular complexity index is 1440. The van der Waals surface area contributed by atoms with Gasteiger partial charge in [-0.25, -0.2) is 19.3 Å². The lowest BCUT2D eigenvalue weighted by Crippen LogP contribution is -2.27. The second-order valence-corrected chi connectivity index (χ2v) is 7.88. The number of aliphatic hydroxyl groups is 1. The van der Waals surface area contributed by atoms with Gasteiger partial charge >= 0.3 is 11.9 Å². The number of H-pyrrole nitrogens is 1. The number of rotatable bonds is 6. The molecule has 4 rings (SSSR count). The van der Waals surface area contributed by atoms with Crippen LogP contribution in [-0.4, -0.2) is 49.0 Å². The number of aromatic amines is 1. The van der Waals surface area contributed by atoms with Crippen LogP contribution < -0.4 is 10.6 Å². The predicted molar refractivity (Wildman–Crippen MR) is 130 cm³/mol. The number of nitrogens with one attached hydrogen (secondary N) is 1. The molecular weight excluding hydrogens is 452 g/mol. The van der Waals surface area contributed by atoms with Crippen molar-refractivity contribution in [2.75, 3.05) is 5.01 Å². The molecule has 1 atom stereocenters. The fourth-order valence-electron chi connectivity index (χ4n) is 3.69. The van der Waals surface area contributed by atoms with Gasteiger partial charge in [-0.1, -0.05) is 12.2 Å². The minimum atomic E-state index is -1.08. The standard InChI is InChI=1S/C25H22N4O6/c1-14-20(22(30)28(26-14)18-10-6-16(7-11-18)24(32)33)4-3-5-21-15(2)27-29(23(21)31)19-12-8-17(9-13-19)25(34)35/h3-13,22,27,30H,1-2H3,(H,32,33)(H,34,35). The molecule has 10 nitrogen and oxygen atoms in total. The van der Waals surface area contributed by atoms with Gasteiger partial charge in [0.2, 0.25) is 0 Å². The lowest BCUT2D eigenvalue weighted by molar-refractivity contribution is 0.0686. The highest BCUT2D eigenvalue weighted by molar-refractivity contribution is 6.02. The molecule has 0 radical (unpaired) electrons. The Morgan fingerprint density at radius 3 is 2.03 bits per heavy atom. The number of carboxylic acid groups (broad SMARTS) is 2. The van der Waals surface area contributed by atoms with Gasteiger partial charge in [0, 0.05) is 11.3 Å². The largest absolute Gasteiger partial charge is 0.478 e. The number of anilines is 1. The maximum absolute atomic E-state index is 12.9. The molecule has 2 heterocycles. The minimum absolute atomic E-state index is 0.121. The van der Waals surface area contributed by atoms with Crippen molar-refractivity contribution >= 4 is 29.4 Å². The van der Waals surface area contributed by atoms with Crippen LogP contribution in [0.1, 0.15) is 38.9 Å². The number of hydrogen-bond donors (Lipinski definition) is 4. The van der Waals surface area contributed by atoms with E-state index in [4.69, 9.17) is 10.2 Å². The summed E-state index contributed by atoms with van der Waals surface area (Å²) in [6, 6.07) is 11.9. The van der Waals surface area contributed by atoms with Gasteiger partial charge in [-0.2, -0.15) is 5.10 Å². The molecule has 0 amide bonds. The third-order valence-electron chi connectivity index (χ3n) is 5.59. The lowest BCUT2D eigenvalue weighted by atomic mass is 10.1. The number of aryl methyl sites for hydroxylation is 1. The summed E-state index contributed by atoms with van der Waals surface area (Å²) >= 11 is 0. The van der Waals surface area contributed by atoms with Gasteiger partial charge in [-0.15, -0.1) is 0 Å². The van der Waals surface area contributed by atoms with Crippen LogP contribution in [0.5, 0.6) is 0 Å². The molecular formula is C25H22N4O6. The highest BCUT2D eigenvalue weighted by Crippen LogP contribution is 2.27. The molecule has 0 bridgehead atoms. The van der Waals surface area contributed by atoms with E-state index >= 15 is 0 Å². The molecule has 3 aromatic rings. The molecule has 4 N–H and O–H groups in total. The van der Waals surface area contributed by atoms with E-state index in [1.807, 2.05) is 0 Å². The van der Waals surface area contributed by atoms with Crippen LogP contribution in [0, 0.1) is 6.92 Å². The van der Waals surface area contributed by atoms with Gasteiger partial charge in [0.25, 0.3) is 5.56 Å². The van der Waals surface area contributed by atoms with E-state index in [-0.39, 0.29) is 16.7 Å². The Kier molecular flexibility index (Phi) is 6.22. The number of aliphatic hydroxyl groups excluding tert-OH is 1. The molecule has 1 aromatic heterocycles. The van der Waals surface area contributed by atoms with Gasteiger partial charge in [0.05, 0.1) is 33.8 Å². The first-order valence-electron chi connectivity index (χ1n) is 10.6. The first-order chi connectivity index (χ1) is 16.7. The van der Waals surface area contributed by atoms with Gasteiger partial charge in [0.15, 0.2) is 6.23 Å². The van der Waals surface area contributed by atoms with E-state index in [9.17, 15) is 19.5 Å². The number of allylic oxidation sites excluding steroid dienone is 2. The van der Waals surface area contributed by atoms with E-state index in [1.165, 1.54) is 34.0 Å². The molecule has 1 aliphatic heterocycles. The van der Waals surface area contributed by atoms with E-state index in [0.717, 1.165) is 0 Å². The number of benzene rings is 2. The van der Waals surface area contributed by atoms with Crippen LogP contribution in [0.3, 0.4) is 0 Å². The number of aromatic carboxylic acids is 2. The molecule has 178 valence electrons. The number of aromatic nitrogens is 2. The van der Waals surface area contributed by atoms with Gasteiger partial charge in [-0.3, -0.25) is 9.89 Å². The number of carboxylic acids is 2. The first-order valence-corrected chi connectivity index (χ1v) is 10.6. The maximum atomic E-state index is 12.9. The molecule has 0 fully saturated rings. The van der Waals surface area contributed by atoms with Gasteiger partial charge in [-0.05, 0) is 68.5 Å². The molecule has 2 aromatic carbocycles. The monoisotopic (exact) mass is 474 g/mol. The summed E-state index contributed by atoms with van der Waals surface area (Å²) in [5.74, 6) is -2.09. The van der Waals surface area contributed by atoms with Crippen LogP contribution >= 0.6 is 0 Å². The van der Waals surface area contributed by atoms with E-state index in [0.29, 0.717) is 33.9 Å². The summed E-state index contributed by atoms with van der Waals surface area (Å²) in [5, 5.41) is 37.6. The smallest absolute Gasteiger partial charge is 0.335 e. The number of nitrogens with zero attached hydrogens (tertiary/aromatic N) is 3. The van der Waals surface area contributed by atoms with Crippen molar-refractivity contribution < 1.29 is 24.9 Å². The zero-order valence-electron chi connectivity index (χ0n) is 18.8. The van der Waals surface area contributed by atoms with Crippen molar-refractivity contribution in [3.63, 3.8) is 0 Å². The van der Waals surface area contributed by atoms with Crippen molar-refractivity contribution in [1.82, 2.24) is 9.78 Å². The first kappa shape index (κ1) is 23.5. The molecule has 1 unspecified atom stereocenters. The molecule has 0 spiro atoms. The topological polar surface area (TPSA) is 148 Å². The maximum Gasteiger partial charge on any atom is 0.335 e. The normalized spacial score (nSPS) is 16.8. The number of carbonyl (C=O) groups is 2. The van der Waals surface area contributed by atoms with Crippen LogP contribution in [0.25, 0.3) is 11.8 Å². The third-order valence-corrected chi connectivity index (χ3v) is 5.59. The van der Waals surface area contributed by atoms with Crippen molar-refractivity contribution in [3.8, 4) is 5.69 Å². The summed E-state index contributed by atoms with van der Waals surface area (Å²) in [7, 11) is 0. The second kappa shape index (κ2) is 9.27. The SMILES string of the molecule is CC1=NN(c2ccc(C(=O)O)cc2)C(O)C1=CC=Cc1c(C)[nH]n(-c2ccc(C(=O)O)cc2)c1=O. The molecule has 1 aliphatic rings. The van der Waals surface area contributed by atoms with Gasteiger partial charge in [0.1, 0.15) is 0 Å². The summed E-state index contributed by atoms with van der Waals surface area (Å²) in [4.78, 5) is 35.0. The quantitative estimate of drug-likeness (QED) is 0.429. The summed E-state index contributed by atoms with van der Waals surface area (Å²) in [6.07, 6.45) is 3.84. The zero-order valence-corrected chi connectivity index (χ0v) is 18.8. The van der Waals surface area contributed by atoms with Crippen LogP contribution in [0.4, 0.5) is 5.69 Å². The fourth-order valence-corrected chi connectivity index (χ4v) is 3.69. The molecule has 10 heteroatoms. The second-order valence-electron chi connectivity index (χ2n) is 7.88. The minimum Gasteiger partial charge on any atom is -0.478 e. The Balaban J connectivity index is 1.55. The average molecular weight is 474 g/mol. The summed E-state index contributed by atoms with van der Waals surface area (Å²) in [5.41, 5.74) is 3.11. The molecule has 35 heavy (non-hydrogen) atoms. The highest BCUT2D eigenvalue weighted by Gasteiger charge is 2.28. The van der Waals surface area contributed by atoms with Crippen molar-refractivity contribution in [1.29, 1.82) is 0 Å². The van der Waals surface area contributed by atoms with E-state index in [2.05, 4.69) is 10.2 Å². The van der Waals surface area contributed by atoms with E-state index in [1.54, 1.807) is 56.3 Å². The number of hydrogen-bond acceptors (Lipinski definition) is 6. The summed E-state index contributed by atoms with van der Waals surface area (Å²) in [6.45, 7) is 3.49. The van der Waals surface area contributed by atoms with Crippen LogP contribution in [0.15, 0.2) is 76.2 Å². The van der Waals surface area contributed by atoms with Crippen molar-refractivity contribution in [2.24, 2.45) is 5.10 Å². The van der Waals surface area contributed by atoms with Gasteiger partial charge < -0.3 is 15.3 Å². The Hall–Kier alpha value is -4.70. The Labute approximate surface area is 199 Å². The fraction of sp³-hybridized carbons (Fsp3) is 0.120. The molecule has 0 aliphatic carbocycles. The number of hydrazone groups is 1. The predicted octanol–water partition coefficient (Wildman–Crippen LogP) is 3.02. The Morgan fingerprint density at radius 2 is 1.49 bits per heavy atom. The van der Waals surface area contributed by atoms with Crippen LogP contribution in [-0.2, 0) is 0 Å². The van der Waals surface area contributed by atoms with Crippen LogP contribution in [0.2, 0.25) is 0 Å². The van der Waals surface area contributed by atoms with Crippen molar-refractivity contribution in [3.05, 3.63) is 99.0 Å². The molecule has 0 saturated carbocycles. The lowest BCUT2D eigenvalue weighted by Gasteiger charge is -2.19. The average Bonchev–Trinajstić information content (AvgIpc) is 3.28. The molecule has 0 saturated heterocycles. The Morgan fingerprint density at radius 1 is 0.943 bits per heavy atom. The zero-order chi connectivity index (χ0) is 25.3. The van der Waals surface area contributed by atoms with E-state index < -0.39 is 18.2 Å². The van der Waals surface area contributed by atoms with Crippen molar-refractivity contribution in [2.45, 2.75) is 20.1 Å².